The molecule has 0 aliphatic carbocycles. The highest BCUT2D eigenvalue weighted by Gasteiger charge is 2.10. The molecule has 86 valence electrons. The molecule has 1 aromatic carbocycles. The van der Waals surface area contributed by atoms with Gasteiger partial charge in [-0.15, -0.1) is 0 Å². The lowest BCUT2D eigenvalue weighted by Crippen LogP contribution is -2.04. The summed E-state index contributed by atoms with van der Waals surface area (Å²) in [5, 5.41) is 0. The van der Waals surface area contributed by atoms with E-state index in [9.17, 15) is 4.79 Å². The van der Waals surface area contributed by atoms with Gasteiger partial charge in [0.25, 0.3) is 0 Å². The van der Waals surface area contributed by atoms with Gasteiger partial charge in [0.15, 0.2) is 0 Å². The molecule has 0 aliphatic rings. The normalized spacial score (nSPS) is 12.1. The fourth-order valence-electron chi connectivity index (χ4n) is 1.83. The van der Waals surface area contributed by atoms with Gasteiger partial charge >= 0.3 is 0 Å². The monoisotopic (exact) mass is 225 g/mol. The van der Waals surface area contributed by atoms with Crippen LogP contribution in [0.5, 0.6) is 0 Å². The zero-order valence-corrected chi connectivity index (χ0v) is 9.84. The molecule has 0 N–H and O–H groups in total. The minimum atomic E-state index is -0.0835. The van der Waals surface area contributed by atoms with Crippen molar-refractivity contribution in [1.29, 1.82) is 0 Å². The van der Waals surface area contributed by atoms with Gasteiger partial charge in [0.2, 0.25) is 0 Å². The smallest absolute Gasteiger partial charge is 0.127 e. The van der Waals surface area contributed by atoms with Crippen molar-refractivity contribution in [2.75, 3.05) is 0 Å². The van der Waals surface area contributed by atoms with Crippen molar-refractivity contribution in [2.24, 2.45) is 0 Å². The first-order valence-electron chi connectivity index (χ1n) is 5.70. The summed E-state index contributed by atoms with van der Waals surface area (Å²) in [4.78, 5) is 15.2. The number of pyridine rings is 1. The van der Waals surface area contributed by atoms with Crippen molar-refractivity contribution >= 4 is 6.29 Å². The summed E-state index contributed by atoms with van der Waals surface area (Å²) in [5.74, 6) is -0.0835. The molecule has 0 amide bonds. The first kappa shape index (κ1) is 11.5. The average Bonchev–Trinajstić information content (AvgIpc) is 2.38. The predicted octanol–water partition coefficient (Wildman–Crippen LogP) is 2.92. The van der Waals surface area contributed by atoms with Crippen LogP contribution in [0, 0.1) is 6.92 Å². The van der Waals surface area contributed by atoms with E-state index in [2.05, 4.69) is 4.98 Å². The van der Waals surface area contributed by atoms with Crippen molar-refractivity contribution in [1.82, 2.24) is 4.98 Å². The third-order valence-corrected chi connectivity index (χ3v) is 2.85. The molecule has 2 aromatic rings. The molecule has 0 radical (unpaired) electrons. The van der Waals surface area contributed by atoms with Crippen LogP contribution in [0.2, 0.25) is 0 Å². The maximum Gasteiger partial charge on any atom is 0.127 e. The largest absolute Gasteiger partial charge is 0.303 e. The van der Waals surface area contributed by atoms with Crippen LogP contribution in [0.4, 0.5) is 0 Å². The van der Waals surface area contributed by atoms with Crippen molar-refractivity contribution in [3.8, 4) is 0 Å². The number of hydrogen-bond acceptors (Lipinski definition) is 2. The molecule has 0 fully saturated rings. The lowest BCUT2D eigenvalue weighted by molar-refractivity contribution is -0.109. The number of aldehydes is 1. The van der Waals surface area contributed by atoms with E-state index in [1.54, 1.807) is 6.20 Å². The first-order valence-corrected chi connectivity index (χ1v) is 5.70. The lowest BCUT2D eigenvalue weighted by Gasteiger charge is -2.10. The Morgan fingerprint density at radius 1 is 1.24 bits per heavy atom. The zero-order chi connectivity index (χ0) is 12.1. The maximum absolute atomic E-state index is 11.2. The molecule has 1 atom stereocenters. The SMILES string of the molecule is Cc1ccc(C(C=O)Cc2cccnc2)cc1. The van der Waals surface area contributed by atoms with Gasteiger partial charge in [-0.1, -0.05) is 35.9 Å². The van der Waals surface area contributed by atoms with Gasteiger partial charge in [-0.2, -0.15) is 0 Å². The van der Waals surface area contributed by atoms with Crippen molar-refractivity contribution in [3.05, 3.63) is 65.5 Å². The predicted molar refractivity (Wildman–Crippen MR) is 67.9 cm³/mol. The Hall–Kier alpha value is -1.96. The topological polar surface area (TPSA) is 30.0 Å². The summed E-state index contributed by atoms with van der Waals surface area (Å²) in [7, 11) is 0. The molecule has 0 bridgehead atoms. The van der Waals surface area contributed by atoms with E-state index in [4.69, 9.17) is 0 Å². The van der Waals surface area contributed by atoms with Crippen LogP contribution in [0.25, 0.3) is 0 Å². The molecule has 17 heavy (non-hydrogen) atoms. The number of benzene rings is 1. The molecule has 1 heterocycles. The highest BCUT2D eigenvalue weighted by atomic mass is 16.1. The van der Waals surface area contributed by atoms with Crippen LogP contribution in [0.15, 0.2) is 48.8 Å². The third kappa shape index (κ3) is 3.00. The average molecular weight is 225 g/mol. The Kier molecular flexibility index (Phi) is 3.66. The number of hydrogen-bond donors (Lipinski definition) is 0. The molecule has 1 aromatic heterocycles. The summed E-state index contributed by atoms with van der Waals surface area (Å²) in [6.45, 7) is 2.04. The van der Waals surface area contributed by atoms with E-state index in [1.807, 2.05) is 49.5 Å². The summed E-state index contributed by atoms with van der Waals surface area (Å²) < 4.78 is 0. The van der Waals surface area contributed by atoms with Crippen LogP contribution in [-0.2, 0) is 11.2 Å². The maximum atomic E-state index is 11.2. The van der Waals surface area contributed by atoms with Gasteiger partial charge in [-0.05, 0) is 30.5 Å². The summed E-state index contributed by atoms with van der Waals surface area (Å²) in [6, 6.07) is 12.0. The number of rotatable bonds is 4. The summed E-state index contributed by atoms with van der Waals surface area (Å²) in [5.41, 5.74) is 3.36. The van der Waals surface area contributed by atoms with Crippen LogP contribution >= 0.6 is 0 Å². The van der Waals surface area contributed by atoms with Crippen molar-refractivity contribution in [3.63, 3.8) is 0 Å². The highest BCUT2D eigenvalue weighted by molar-refractivity contribution is 5.62. The number of aryl methyl sites for hydroxylation is 1. The molecule has 0 saturated heterocycles. The molecular weight excluding hydrogens is 210 g/mol. The Morgan fingerprint density at radius 2 is 2.00 bits per heavy atom. The Morgan fingerprint density at radius 3 is 2.59 bits per heavy atom. The second kappa shape index (κ2) is 5.39. The Balaban J connectivity index is 2.17. The summed E-state index contributed by atoms with van der Waals surface area (Å²) in [6.07, 6.45) is 5.27. The van der Waals surface area contributed by atoms with E-state index < -0.39 is 0 Å². The van der Waals surface area contributed by atoms with E-state index in [1.165, 1.54) is 5.56 Å². The molecule has 0 spiro atoms. The van der Waals surface area contributed by atoms with Gasteiger partial charge in [-0.3, -0.25) is 4.98 Å². The van der Waals surface area contributed by atoms with Crippen molar-refractivity contribution < 1.29 is 4.79 Å². The number of aromatic nitrogens is 1. The molecule has 0 aliphatic heterocycles. The van der Waals surface area contributed by atoms with Gasteiger partial charge < -0.3 is 4.79 Å². The minimum Gasteiger partial charge on any atom is -0.303 e. The molecular formula is C15H15NO. The van der Waals surface area contributed by atoms with E-state index in [0.717, 1.165) is 17.4 Å². The van der Waals surface area contributed by atoms with E-state index in [0.29, 0.717) is 6.42 Å². The third-order valence-electron chi connectivity index (χ3n) is 2.85. The fourth-order valence-corrected chi connectivity index (χ4v) is 1.83. The fraction of sp³-hybridized carbons (Fsp3) is 0.200. The molecule has 2 heteroatoms. The molecule has 1 unspecified atom stereocenters. The molecule has 2 nitrogen and oxygen atoms in total. The second-order valence-corrected chi connectivity index (χ2v) is 4.22. The quantitative estimate of drug-likeness (QED) is 0.749. The van der Waals surface area contributed by atoms with Gasteiger partial charge in [-0.25, -0.2) is 0 Å². The second-order valence-electron chi connectivity index (χ2n) is 4.22. The van der Waals surface area contributed by atoms with Crippen LogP contribution < -0.4 is 0 Å². The zero-order valence-electron chi connectivity index (χ0n) is 9.84. The molecule has 0 saturated carbocycles. The lowest BCUT2D eigenvalue weighted by atomic mass is 9.93. The summed E-state index contributed by atoms with van der Waals surface area (Å²) >= 11 is 0. The van der Waals surface area contributed by atoms with Gasteiger partial charge in [0.05, 0.1) is 0 Å². The minimum absolute atomic E-state index is 0.0835. The van der Waals surface area contributed by atoms with Crippen LogP contribution in [0.3, 0.4) is 0 Å². The first-order chi connectivity index (χ1) is 8.29. The van der Waals surface area contributed by atoms with Gasteiger partial charge in [0.1, 0.15) is 6.29 Å². The van der Waals surface area contributed by atoms with Crippen molar-refractivity contribution in [2.45, 2.75) is 19.3 Å². The Labute approximate surface area is 101 Å². The number of nitrogens with zero attached hydrogens (tertiary/aromatic N) is 1. The number of carbonyl (C=O) groups is 1. The number of carbonyl (C=O) groups excluding carboxylic acids is 1. The standard InChI is InChI=1S/C15H15NO/c1-12-4-6-14(7-5-12)15(11-17)9-13-3-2-8-16-10-13/h2-8,10-11,15H,9H2,1H3. The van der Waals surface area contributed by atoms with E-state index >= 15 is 0 Å². The van der Waals surface area contributed by atoms with E-state index in [-0.39, 0.29) is 5.92 Å². The van der Waals surface area contributed by atoms with Crippen LogP contribution in [-0.4, -0.2) is 11.3 Å². The Bertz CT molecular complexity index is 476. The van der Waals surface area contributed by atoms with Gasteiger partial charge in [0, 0.05) is 18.3 Å². The highest BCUT2D eigenvalue weighted by Crippen LogP contribution is 2.19. The van der Waals surface area contributed by atoms with Crippen LogP contribution in [0.1, 0.15) is 22.6 Å². The molecule has 2 rings (SSSR count).